The van der Waals surface area contributed by atoms with E-state index in [-0.39, 0.29) is 0 Å². The second kappa shape index (κ2) is 14.2. The Balaban J connectivity index is 1.14. The van der Waals surface area contributed by atoms with Gasteiger partial charge in [0.05, 0.1) is 6.61 Å². The fraction of sp³-hybridized carbons (Fsp3) is 0.500. The van der Waals surface area contributed by atoms with Crippen molar-refractivity contribution in [2.24, 2.45) is 0 Å². The highest BCUT2D eigenvalue weighted by Crippen LogP contribution is 2.20. The minimum absolute atomic E-state index is 0.618. The Hall–Kier alpha value is -1.90. The van der Waals surface area contributed by atoms with Crippen LogP contribution in [0.2, 0.25) is 0 Å². The van der Waals surface area contributed by atoms with E-state index in [4.69, 9.17) is 4.74 Å². The zero-order valence-electron chi connectivity index (χ0n) is 18.5. The minimum atomic E-state index is 0.618. The molecule has 0 aliphatic carbocycles. The summed E-state index contributed by atoms with van der Waals surface area (Å²) in [4.78, 5) is 0. The Morgan fingerprint density at radius 2 is 1.50 bits per heavy atom. The van der Waals surface area contributed by atoms with E-state index in [2.05, 4.69) is 72.1 Å². The molecule has 2 heteroatoms. The molecule has 0 unspecified atom stereocenters. The summed E-state index contributed by atoms with van der Waals surface area (Å²) in [7, 11) is 0. The first-order valence-corrected chi connectivity index (χ1v) is 12.0. The molecule has 3 rings (SSSR count). The molecule has 1 atom stereocenters. The Bertz CT molecular complexity index is 701. The molecule has 30 heavy (non-hydrogen) atoms. The molecule has 1 saturated heterocycles. The summed E-state index contributed by atoms with van der Waals surface area (Å²) in [5.74, 6) is 0. The Labute approximate surface area is 183 Å². The molecule has 1 N–H and O–H groups in total. The van der Waals surface area contributed by atoms with E-state index in [1.165, 1.54) is 87.4 Å². The Morgan fingerprint density at radius 3 is 2.23 bits per heavy atom. The molecule has 0 bridgehead atoms. The zero-order chi connectivity index (χ0) is 20.7. The number of benzene rings is 2. The van der Waals surface area contributed by atoms with E-state index in [1.807, 2.05) is 0 Å². The lowest BCUT2D eigenvalue weighted by Gasteiger charge is -2.10. The molecule has 0 amide bonds. The molecule has 1 aliphatic heterocycles. The van der Waals surface area contributed by atoms with Gasteiger partial charge in [0, 0.05) is 12.6 Å². The highest BCUT2D eigenvalue weighted by Gasteiger charge is 2.13. The Morgan fingerprint density at radius 1 is 0.800 bits per heavy atom. The summed E-state index contributed by atoms with van der Waals surface area (Å²) in [6.45, 7) is 3.02. The van der Waals surface area contributed by atoms with E-state index in [0.29, 0.717) is 6.04 Å². The summed E-state index contributed by atoms with van der Waals surface area (Å²) in [6, 6.07) is 20.0. The fourth-order valence-electron chi connectivity index (χ4n) is 4.11. The van der Waals surface area contributed by atoms with Crippen molar-refractivity contribution in [1.82, 2.24) is 5.32 Å². The summed E-state index contributed by atoms with van der Waals surface area (Å²) in [5.41, 5.74) is 3.85. The van der Waals surface area contributed by atoms with Crippen LogP contribution in [0, 0.1) is 0 Å². The summed E-state index contributed by atoms with van der Waals surface area (Å²) >= 11 is 0. The van der Waals surface area contributed by atoms with Crippen molar-refractivity contribution in [2.75, 3.05) is 19.8 Å². The van der Waals surface area contributed by atoms with E-state index in [0.717, 1.165) is 13.2 Å². The lowest BCUT2D eigenvalue weighted by molar-refractivity contribution is 0.112. The number of unbranched alkanes of at least 4 members (excludes halogenated alkanes) is 7. The predicted octanol–water partition coefficient (Wildman–Crippen LogP) is 7.26. The number of hydrogen-bond acceptors (Lipinski definition) is 2. The maximum atomic E-state index is 5.78. The second-order valence-electron chi connectivity index (χ2n) is 8.52. The van der Waals surface area contributed by atoms with Crippen molar-refractivity contribution in [3.8, 4) is 11.1 Å². The largest absolute Gasteiger partial charge is 0.380 e. The van der Waals surface area contributed by atoms with Crippen LogP contribution in [0.5, 0.6) is 0 Å². The van der Waals surface area contributed by atoms with Crippen LogP contribution in [0.25, 0.3) is 17.2 Å². The molecular weight excluding hydrogens is 366 g/mol. The van der Waals surface area contributed by atoms with Crippen LogP contribution in [0.3, 0.4) is 0 Å². The van der Waals surface area contributed by atoms with Crippen LogP contribution in [0.15, 0.2) is 60.7 Å². The molecule has 1 heterocycles. The van der Waals surface area contributed by atoms with Gasteiger partial charge >= 0.3 is 0 Å². The van der Waals surface area contributed by atoms with E-state index in [9.17, 15) is 0 Å². The number of ether oxygens (including phenoxy) is 1. The molecule has 0 spiro atoms. The third-order valence-electron chi connectivity index (χ3n) is 5.97. The minimum Gasteiger partial charge on any atom is -0.380 e. The average Bonchev–Trinajstić information content (AvgIpc) is 3.31. The number of rotatable bonds is 14. The van der Waals surface area contributed by atoms with Gasteiger partial charge in [-0.15, -0.1) is 0 Å². The van der Waals surface area contributed by atoms with E-state index >= 15 is 0 Å². The fourth-order valence-corrected chi connectivity index (χ4v) is 4.11. The summed E-state index contributed by atoms with van der Waals surface area (Å²) < 4.78 is 5.78. The SMILES string of the molecule is C(=C\c1ccc(-c2ccccc2)cc1)/CCCCCCCCCOC[C@@H]1CCCN1. The number of allylic oxidation sites excluding steroid dienone is 1. The third-order valence-corrected chi connectivity index (χ3v) is 5.97. The van der Waals surface area contributed by atoms with Crippen LogP contribution in [0.4, 0.5) is 0 Å². The van der Waals surface area contributed by atoms with Gasteiger partial charge in [0.1, 0.15) is 0 Å². The zero-order valence-corrected chi connectivity index (χ0v) is 18.5. The molecule has 1 aliphatic rings. The monoisotopic (exact) mass is 405 g/mol. The molecule has 0 saturated carbocycles. The molecule has 2 aromatic carbocycles. The smallest absolute Gasteiger partial charge is 0.0619 e. The molecular formula is C28H39NO. The van der Waals surface area contributed by atoms with Gasteiger partial charge in [0.2, 0.25) is 0 Å². The highest BCUT2D eigenvalue weighted by atomic mass is 16.5. The molecule has 162 valence electrons. The lowest BCUT2D eigenvalue weighted by Crippen LogP contribution is -2.26. The first-order chi connectivity index (χ1) is 14.9. The van der Waals surface area contributed by atoms with Crippen molar-refractivity contribution in [1.29, 1.82) is 0 Å². The lowest BCUT2D eigenvalue weighted by atomic mass is 10.0. The van der Waals surface area contributed by atoms with Crippen molar-refractivity contribution < 1.29 is 4.74 Å². The quantitative estimate of drug-likeness (QED) is 0.334. The number of nitrogens with one attached hydrogen (secondary N) is 1. The Kier molecular flexibility index (Phi) is 10.8. The average molecular weight is 406 g/mol. The van der Waals surface area contributed by atoms with Crippen molar-refractivity contribution >= 4 is 6.08 Å². The normalized spacial score (nSPS) is 16.5. The van der Waals surface area contributed by atoms with Crippen molar-refractivity contribution in [2.45, 2.75) is 70.3 Å². The molecule has 2 nitrogen and oxygen atoms in total. The van der Waals surface area contributed by atoms with Gasteiger partial charge in [0.25, 0.3) is 0 Å². The van der Waals surface area contributed by atoms with Gasteiger partial charge in [0.15, 0.2) is 0 Å². The van der Waals surface area contributed by atoms with Gasteiger partial charge in [-0.3, -0.25) is 0 Å². The summed E-state index contributed by atoms with van der Waals surface area (Å²) in [6.07, 6.45) is 17.7. The van der Waals surface area contributed by atoms with E-state index in [1.54, 1.807) is 0 Å². The van der Waals surface area contributed by atoms with Gasteiger partial charge in [-0.05, 0) is 55.3 Å². The first-order valence-electron chi connectivity index (χ1n) is 12.0. The predicted molar refractivity (Wildman–Crippen MR) is 130 cm³/mol. The molecule has 2 aromatic rings. The summed E-state index contributed by atoms with van der Waals surface area (Å²) in [5, 5.41) is 3.48. The van der Waals surface area contributed by atoms with Crippen molar-refractivity contribution in [3.63, 3.8) is 0 Å². The van der Waals surface area contributed by atoms with Crippen LogP contribution >= 0.6 is 0 Å². The van der Waals surface area contributed by atoms with Gasteiger partial charge in [-0.1, -0.05) is 98.9 Å². The van der Waals surface area contributed by atoms with Crippen molar-refractivity contribution in [3.05, 3.63) is 66.2 Å². The maximum Gasteiger partial charge on any atom is 0.0619 e. The first kappa shape index (κ1) is 22.8. The molecule has 1 fully saturated rings. The molecule has 0 aromatic heterocycles. The second-order valence-corrected chi connectivity index (χ2v) is 8.52. The van der Waals surface area contributed by atoms with Crippen LogP contribution in [-0.4, -0.2) is 25.8 Å². The maximum absolute atomic E-state index is 5.78. The van der Waals surface area contributed by atoms with Crippen LogP contribution in [-0.2, 0) is 4.74 Å². The third kappa shape index (κ3) is 8.85. The standard InChI is InChI=1S/C28H39NO/c1(3-5-7-12-23-30-24-28-17-13-22-29-28)2-4-6-9-14-25-18-20-27(21-19-25)26-15-10-8-11-16-26/h8-11,14-16,18-21,28-29H,1-7,12-13,17,22-24H2/b14-9+/t28-/m0/s1. The van der Waals surface area contributed by atoms with Gasteiger partial charge < -0.3 is 10.1 Å². The van der Waals surface area contributed by atoms with Crippen LogP contribution < -0.4 is 5.32 Å². The molecule has 0 radical (unpaired) electrons. The highest BCUT2D eigenvalue weighted by molar-refractivity contribution is 5.65. The van der Waals surface area contributed by atoms with Gasteiger partial charge in [-0.25, -0.2) is 0 Å². The van der Waals surface area contributed by atoms with Gasteiger partial charge in [-0.2, -0.15) is 0 Å². The van der Waals surface area contributed by atoms with E-state index < -0.39 is 0 Å². The number of hydrogen-bond donors (Lipinski definition) is 1. The topological polar surface area (TPSA) is 21.3 Å². The van der Waals surface area contributed by atoms with Crippen LogP contribution in [0.1, 0.15) is 69.8 Å².